The zero-order valence-corrected chi connectivity index (χ0v) is 12.2. The Labute approximate surface area is 122 Å². The molecule has 1 amide bonds. The smallest absolute Gasteiger partial charge is 0.404 e. The fourth-order valence-electron chi connectivity index (χ4n) is 2.53. The molecule has 21 heavy (non-hydrogen) atoms. The monoisotopic (exact) mass is 296 g/mol. The fraction of sp³-hybridized carbons (Fsp3) is 0.500. The van der Waals surface area contributed by atoms with E-state index in [0.29, 0.717) is 0 Å². The van der Waals surface area contributed by atoms with Crippen LogP contribution in [0.25, 0.3) is 0 Å². The van der Waals surface area contributed by atoms with Crippen molar-refractivity contribution in [1.82, 2.24) is 5.32 Å². The van der Waals surface area contributed by atoms with Crippen molar-refractivity contribution in [3.8, 4) is 0 Å². The first-order chi connectivity index (χ1) is 9.66. The van der Waals surface area contributed by atoms with Crippen LogP contribution in [0.4, 0.5) is 10.5 Å². The lowest BCUT2D eigenvalue weighted by molar-refractivity contribution is -0.384. The van der Waals surface area contributed by atoms with E-state index in [1.54, 1.807) is 12.1 Å². The highest BCUT2D eigenvalue weighted by Crippen LogP contribution is 2.38. The standard InChI is InChI=1S/C14H20N2O5/c1-14(2,3)12(11(8-17)15-13(18)19)9-4-6-10(7-5-9)16(20)21/h4-7,11-12,15,17H,8H2,1-3H3,(H,18,19)/t11?,12-/m0/s1. The van der Waals surface area contributed by atoms with Gasteiger partial charge in [-0.2, -0.15) is 0 Å². The van der Waals surface area contributed by atoms with E-state index in [1.807, 2.05) is 20.8 Å². The van der Waals surface area contributed by atoms with Crippen LogP contribution in [0, 0.1) is 15.5 Å². The van der Waals surface area contributed by atoms with Gasteiger partial charge in [-0.1, -0.05) is 32.9 Å². The lowest BCUT2D eigenvalue weighted by atomic mass is 9.72. The second-order valence-corrected chi connectivity index (χ2v) is 5.93. The number of benzene rings is 1. The molecule has 2 atom stereocenters. The van der Waals surface area contributed by atoms with Crippen LogP contribution in [0.3, 0.4) is 0 Å². The lowest BCUT2D eigenvalue weighted by Crippen LogP contribution is -2.45. The molecule has 0 saturated carbocycles. The number of rotatable bonds is 5. The molecule has 0 saturated heterocycles. The summed E-state index contributed by atoms with van der Waals surface area (Å²) in [5, 5.41) is 31.4. The third kappa shape index (κ3) is 4.42. The molecule has 0 aliphatic rings. The zero-order valence-electron chi connectivity index (χ0n) is 12.2. The Morgan fingerprint density at radius 3 is 2.19 bits per heavy atom. The van der Waals surface area contributed by atoms with Gasteiger partial charge in [-0.3, -0.25) is 10.1 Å². The van der Waals surface area contributed by atoms with Crippen molar-refractivity contribution in [1.29, 1.82) is 0 Å². The molecule has 1 aromatic carbocycles. The van der Waals surface area contributed by atoms with Gasteiger partial charge in [-0.05, 0) is 11.0 Å². The number of hydrogen-bond donors (Lipinski definition) is 3. The molecule has 116 valence electrons. The maximum atomic E-state index is 10.9. The van der Waals surface area contributed by atoms with Crippen LogP contribution in [0.5, 0.6) is 0 Å². The van der Waals surface area contributed by atoms with Crippen LogP contribution < -0.4 is 5.32 Å². The van der Waals surface area contributed by atoms with Gasteiger partial charge in [-0.15, -0.1) is 0 Å². The molecular formula is C14H20N2O5. The predicted molar refractivity (Wildman–Crippen MR) is 77.3 cm³/mol. The summed E-state index contributed by atoms with van der Waals surface area (Å²) >= 11 is 0. The van der Waals surface area contributed by atoms with E-state index in [1.165, 1.54) is 12.1 Å². The number of carboxylic acid groups (broad SMARTS) is 1. The van der Waals surface area contributed by atoms with E-state index in [2.05, 4.69) is 5.32 Å². The van der Waals surface area contributed by atoms with Gasteiger partial charge in [0, 0.05) is 18.1 Å². The number of amides is 1. The lowest BCUT2D eigenvalue weighted by Gasteiger charge is -2.36. The van der Waals surface area contributed by atoms with Gasteiger partial charge < -0.3 is 15.5 Å². The third-order valence-corrected chi connectivity index (χ3v) is 3.30. The highest BCUT2D eigenvalue weighted by atomic mass is 16.6. The van der Waals surface area contributed by atoms with Crippen LogP contribution in [0.15, 0.2) is 24.3 Å². The van der Waals surface area contributed by atoms with Crippen molar-refractivity contribution in [2.24, 2.45) is 5.41 Å². The van der Waals surface area contributed by atoms with E-state index in [0.717, 1.165) is 5.56 Å². The molecule has 0 bridgehead atoms. The molecule has 0 aliphatic carbocycles. The van der Waals surface area contributed by atoms with E-state index in [9.17, 15) is 20.0 Å². The molecule has 0 aromatic heterocycles. The molecule has 3 N–H and O–H groups in total. The Hall–Kier alpha value is -2.15. The largest absolute Gasteiger partial charge is 0.465 e. The van der Waals surface area contributed by atoms with E-state index >= 15 is 0 Å². The predicted octanol–water partition coefficient (Wildman–Crippen LogP) is 2.35. The maximum absolute atomic E-state index is 10.9. The molecule has 0 spiro atoms. The minimum absolute atomic E-state index is 0.0295. The number of nitro groups is 1. The SMILES string of the molecule is CC(C)(C)[C@@H](c1ccc([N+](=O)[O-])cc1)C(CO)NC(=O)O. The van der Waals surface area contributed by atoms with Gasteiger partial charge in [0.15, 0.2) is 0 Å². The number of aliphatic hydroxyl groups excluding tert-OH is 1. The van der Waals surface area contributed by atoms with Gasteiger partial charge in [0.25, 0.3) is 5.69 Å². The van der Waals surface area contributed by atoms with E-state index < -0.39 is 17.1 Å². The summed E-state index contributed by atoms with van der Waals surface area (Å²) < 4.78 is 0. The number of nitrogens with zero attached hydrogens (tertiary/aromatic N) is 1. The number of aliphatic hydroxyl groups is 1. The third-order valence-electron chi connectivity index (χ3n) is 3.30. The highest BCUT2D eigenvalue weighted by Gasteiger charge is 2.34. The van der Waals surface area contributed by atoms with Crippen molar-refractivity contribution >= 4 is 11.8 Å². The second-order valence-electron chi connectivity index (χ2n) is 5.93. The average Bonchev–Trinajstić information content (AvgIpc) is 2.36. The summed E-state index contributed by atoms with van der Waals surface area (Å²) in [6.45, 7) is 5.41. The van der Waals surface area contributed by atoms with Crippen LogP contribution in [0.1, 0.15) is 32.3 Å². The molecule has 1 unspecified atom stereocenters. The first kappa shape index (κ1) is 16.9. The fourth-order valence-corrected chi connectivity index (χ4v) is 2.53. The van der Waals surface area contributed by atoms with E-state index in [-0.39, 0.29) is 23.6 Å². The van der Waals surface area contributed by atoms with Crippen molar-refractivity contribution in [3.05, 3.63) is 39.9 Å². The van der Waals surface area contributed by atoms with Crippen molar-refractivity contribution in [3.63, 3.8) is 0 Å². The van der Waals surface area contributed by atoms with Crippen LogP contribution in [0.2, 0.25) is 0 Å². The Balaban J connectivity index is 3.18. The molecule has 1 aromatic rings. The van der Waals surface area contributed by atoms with Gasteiger partial charge in [0.2, 0.25) is 0 Å². The average molecular weight is 296 g/mol. The van der Waals surface area contributed by atoms with Gasteiger partial charge >= 0.3 is 6.09 Å². The quantitative estimate of drug-likeness (QED) is 0.570. The highest BCUT2D eigenvalue weighted by molar-refractivity contribution is 5.65. The van der Waals surface area contributed by atoms with Gasteiger partial charge in [0.1, 0.15) is 0 Å². The van der Waals surface area contributed by atoms with Crippen LogP contribution in [-0.4, -0.2) is 33.9 Å². The summed E-state index contributed by atoms with van der Waals surface area (Å²) in [7, 11) is 0. The van der Waals surface area contributed by atoms with Crippen molar-refractivity contribution < 1.29 is 19.9 Å². The minimum atomic E-state index is -1.22. The molecule has 0 fully saturated rings. The van der Waals surface area contributed by atoms with E-state index in [4.69, 9.17) is 5.11 Å². The second kappa shape index (κ2) is 6.53. The molecule has 0 radical (unpaired) electrons. The number of hydrogen-bond acceptors (Lipinski definition) is 4. The number of non-ortho nitro benzene ring substituents is 1. The summed E-state index contributed by atoms with van der Waals surface area (Å²) in [6, 6.07) is 5.26. The number of nitrogens with one attached hydrogen (secondary N) is 1. The molecular weight excluding hydrogens is 276 g/mol. The molecule has 7 heteroatoms. The van der Waals surface area contributed by atoms with Gasteiger partial charge in [-0.25, -0.2) is 4.79 Å². The summed E-state index contributed by atoms with van der Waals surface area (Å²) in [4.78, 5) is 21.1. The number of nitro benzene ring substituents is 1. The Bertz CT molecular complexity index is 507. The normalized spacial score (nSPS) is 14.3. The number of carbonyl (C=O) groups is 1. The molecule has 1 rings (SSSR count). The zero-order chi connectivity index (χ0) is 16.2. The Kier molecular flexibility index (Phi) is 5.26. The van der Waals surface area contributed by atoms with Crippen LogP contribution in [-0.2, 0) is 0 Å². The molecule has 7 nitrogen and oxygen atoms in total. The van der Waals surface area contributed by atoms with Crippen LogP contribution >= 0.6 is 0 Å². The Morgan fingerprint density at radius 1 is 1.33 bits per heavy atom. The topological polar surface area (TPSA) is 113 Å². The molecule has 0 aliphatic heterocycles. The van der Waals surface area contributed by atoms with Crippen molar-refractivity contribution in [2.75, 3.05) is 6.61 Å². The first-order valence-electron chi connectivity index (χ1n) is 6.51. The summed E-state index contributed by atoms with van der Waals surface area (Å²) in [5.74, 6) is -0.320. The minimum Gasteiger partial charge on any atom is -0.465 e. The molecule has 0 heterocycles. The van der Waals surface area contributed by atoms with Gasteiger partial charge in [0.05, 0.1) is 17.6 Å². The summed E-state index contributed by atoms with van der Waals surface area (Å²) in [5.41, 5.74) is 0.366. The Morgan fingerprint density at radius 2 is 1.86 bits per heavy atom. The van der Waals surface area contributed by atoms with Crippen molar-refractivity contribution in [2.45, 2.75) is 32.7 Å². The maximum Gasteiger partial charge on any atom is 0.404 e. The first-order valence-corrected chi connectivity index (χ1v) is 6.51. The summed E-state index contributed by atoms with van der Waals surface area (Å²) in [6.07, 6.45) is -1.22.